The molecule has 5 nitrogen and oxygen atoms in total. The maximum atomic E-state index is 12.4. The quantitative estimate of drug-likeness (QED) is 0.854. The molecule has 2 rings (SSSR count). The zero-order chi connectivity index (χ0) is 17.7. The molecular formula is C17H19ClN2O3S. The van der Waals surface area contributed by atoms with E-state index in [-0.39, 0.29) is 23.9 Å². The second-order valence-electron chi connectivity index (χ2n) is 5.31. The summed E-state index contributed by atoms with van der Waals surface area (Å²) in [7, 11) is -3.62. The molecule has 24 heavy (non-hydrogen) atoms. The minimum absolute atomic E-state index is 0.1000. The number of hydrogen-bond donors (Lipinski definition) is 1. The fraction of sp³-hybridized carbons (Fsp3) is 0.235. The monoisotopic (exact) mass is 366 g/mol. The van der Waals surface area contributed by atoms with E-state index in [4.69, 9.17) is 11.6 Å². The Bertz CT molecular complexity index is 837. The van der Waals surface area contributed by atoms with E-state index in [1.54, 1.807) is 55.5 Å². The lowest BCUT2D eigenvalue weighted by Gasteiger charge is -2.21. The predicted octanol–water partition coefficient (Wildman–Crippen LogP) is 2.98. The van der Waals surface area contributed by atoms with Gasteiger partial charge in [0.05, 0.1) is 4.90 Å². The third-order valence-corrected chi connectivity index (χ3v) is 5.37. The summed E-state index contributed by atoms with van der Waals surface area (Å²) in [4.78, 5) is 13.6. The summed E-state index contributed by atoms with van der Waals surface area (Å²) < 4.78 is 27.2. The number of aryl methyl sites for hydroxylation is 1. The topological polar surface area (TPSA) is 66.5 Å². The first kappa shape index (κ1) is 18.4. The van der Waals surface area contributed by atoms with Crippen molar-refractivity contribution < 1.29 is 13.2 Å². The van der Waals surface area contributed by atoms with Crippen LogP contribution in [0.1, 0.15) is 12.5 Å². The molecular weight excluding hydrogens is 348 g/mol. The SMILES string of the molecule is CC(=O)N(CCNS(=O)(=O)c1ccccc1C)c1cccc(Cl)c1. The van der Waals surface area contributed by atoms with Gasteiger partial charge in [0.25, 0.3) is 0 Å². The molecule has 0 spiro atoms. The molecule has 0 atom stereocenters. The van der Waals surface area contributed by atoms with Crippen LogP contribution in [0.3, 0.4) is 0 Å². The molecule has 0 aliphatic carbocycles. The number of nitrogens with one attached hydrogen (secondary N) is 1. The minimum Gasteiger partial charge on any atom is -0.311 e. The highest BCUT2D eigenvalue weighted by Gasteiger charge is 2.17. The Hall–Kier alpha value is -1.89. The van der Waals surface area contributed by atoms with E-state index >= 15 is 0 Å². The van der Waals surface area contributed by atoms with Crippen LogP contribution in [-0.4, -0.2) is 27.4 Å². The Balaban J connectivity index is 2.08. The summed E-state index contributed by atoms with van der Waals surface area (Å²) in [6, 6.07) is 13.6. The lowest BCUT2D eigenvalue weighted by molar-refractivity contribution is -0.116. The van der Waals surface area contributed by atoms with Crippen LogP contribution in [0.15, 0.2) is 53.4 Å². The van der Waals surface area contributed by atoms with E-state index in [1.165, 1.54) is 11.8 Å². The molecule has 0 unspecified atom stereocenters. The van der Waals surface area contributed by atoms with E-state index in [1.807, 2.05) is 0 Å². The van der Waals surface area contributed by atoms with Crippen molar-refractivity contribution in [1.82, 2.24) is 4.72 Å². The van der Waals surface area contributed by atoms with E-state index in [0.717, 1.165) is 0 Å². The van der Waals surface area contributed by atoms with Gasteiger partial charge in [0.2, 0.25) is 15.9 Å². The van der Waals surface area contributed by atoms with Crippen molar-refractivity contribution in [2.75, 3.05) is 18.0 Å². The molecule has 0 aliphatic heterocycles. The van der Waals surface area contributed by atoms with Crippen molar-refractivity contribution in [2.24, 2.45) is 0 Å². The number of carbonyl (C=O) groups is 1. The van der Waals surface area contributed by atoms with Gasteiger partial charge in [0, 0.05) is 30.7 Å². The van der Waals surface area contributed by atoms with Gasteiger partial charge in [-0.05, 0) is 36.8 Å². The fourth-order valence-electron chi connectivity index (χ4n) is 2.34. The normalized spacial score (nSPS) is 11.3. The Morgan fingerprint density at radius 1 is 1.17 bits per heavy atom. The van der Waals surface area contributed by atoms with E-state index in [0.29, 0.717) is 16.3 Å². The van der Waals surface area contributed by atoms with Crippen molar-refractivity contribution in [2.45, 2.75) is 18.7 Å². The molecule has 1 amide bonds. The Morgan fingerprint density at radius 2 is 1.88 bits per heavy atom. The van der Waals surface area contributed by atoms with Gasteiger partial charge >= 0.3 is 0 Å². The summed E-state index contributed by atoms with van der Waals surface area (Å²) in [5, 5.41) is 0.513. The molecule has 0 radical (unpaired) electrons. The Labute approximate surface area is 147 Å². The van der Waals surface area contributed by atoms with Gasteiger partial charge in [-0.15, -0.1) is 0 Å². The largest absolute Gasteiger partial charge is 0.311 e. The van der Waals surface area contributed by atoms with Crippen LogP contribution < -0.4 is 9.62 Å². The average Bonchev–Trinajstić information content (AvgIpc) is 2.51. The molecule has 2 aromatic carbocycles. The second-order valence-corrected chi connectivity index (χ2v) is 7.49. The van der Waals surface area contributed by atoms with E-state index < -0.39 is 10.0 Å². The zero-order valence-electron chi connectivity index (χ0n) is 13.5. The van der Waals surface area contributed by atoms with E-state index in [9.17, 15) is 13.2 Å². The standard InChI is InChI=1S/C17H19ClN2O3S/c1-13-6-3-4-9-17(13)24(22,23)19-10-11-20(14(2)21)16-8-5-7-15(18)12-16/h3-9,12,19H,10-11H2,1-2H3. The molecule has 0 bridgehead atoms. The third kappa shape index (κ3) is 4.56. The molecule has 0 saturated carbocycles. The number of rotatable bonds is 6. The molecule has 2 aromatic rings. The molecule has 0 fully saturated rings. The summed E-state index contributed by atoms with van der Waals surface area (Å²) >= 11 is 5.95. The van der Waals surface area contributed by atoms with Crippen molar-refractivity contribution in [1.29, 1.82) is 0 Å². The van der Waals surface area contributed by atoms with E-state index in [2.05, 4.69) is 4.72 Å². The molecule has 7 heteroatoms. The summed E-state index contributed by atoms with van der Waals surface area (Å²) in [6.45, 7) is 3.47. The maximum absolute atomic E-state index is 12.4. The van der Waals surface area contributed by atoms with Gasteiger partial charge in [-0.25, -0.2) is 13.1 Å². The Kier molecular flexibility index (Phi) is 5.99. The average molecular weight is 367 g/mol. The number of sulfonamides is 1. The van der Waals surface area contributed by atoms with Crippen LogP contribution in [-0.2, 0) is 14.8 Å². The number of anilines is 1. The van der Waals surface area contributed by atoms with Crippen LogP contribution in [0.2, 0.25) is 5.02 Å². The minimum atomic E-state index is -3.62. The van der Waals surface area contributed by atoms with Gasteiger partial charge in [-0.3, -0.25) is 4.79 Å². The Morgan fingerprint density at radius 3 is 2.50 bits per heavy atom. The lowest BCUT2D eigenvalue weighted by Crippen LogP contribution is -2.37. The van der Waals surface area contributed by atoms with Crippen LogP contribution in [0.4, 0.5) is 5.69 Å². The molecule has 0 aliphatic rings. The van der Waals surface area contributed by atoms with Crippen molar-refractivity contribution >= 4 is 33.2 Å². The van der Waals surface area contributed by atoms with Gasteiger partial charge in [-0.2, -0.15) is 0 Å². The molecule has 128 valence electrons. The molecule has 0 saturated heterocycles. The number of hydrogen-bond acceptors (Lipinski definition) is 3. The summed E-state index contributed by atoms with van der Waals surface area (Å²) in [5.41, 5.74) is 1.30. The van der Waals surface area contributed by atoms with Gasteiger partial charge < -0.3 is 4.90 Å². The van der Waals surface area contributed by atoms with Crippen molar-refractivity contribution in [3.8, 4) is 0 Å². The molecule has 0 aromatic heterocycles. The van der Waals surface area contributed by atoms with Crippen LogP contribution >= 0.6 is 11.6 Å². The van der Waals surface area contributed by atoms with Crippen LogP contribution in [0.25, 0.3) is 0 Å². The maximum Gasteiger partial charge on any atom is 0.240 e. The first-order valence-corrected chi connectivity index (χ1v) is 9.26. The van der Waals surface area contributed by atoms with Gasteiger partial charge in [0.15, 0.2) is 0 Å². The highest BCUT2D eigenvalue weighted by Crippen LogP contribution is 2.19. The lowest BCUT2D eigenvalue weighted by atomic mass is 10.2. The molecule has 1 N–H and O–H groups in total. The smallest absolute Gasteiger partial charge is 0.240 e. The number of carbonyl (C=O) groups excluding carboxylic acids is 1. The van der Waals surface area contributed by atoms with Gasteiger partial charge in [-0.1, -0.05) is 35.9 Å². The number of halogens is 1. The van der Waals surface area contributed by atoms with Crippen LogP contribution in [0.5, 0.6) is 0 Å². The summed E-state index contributed by atoms with van der Waals surface area (Å²) in [6.07, 6.45) is 0. The van der Waals surface area contributed by atoms with Crippen molar-refractivity contribution in [3.63, 3.8) is 0 Å². The number of nitrogens with zero attached hydrogens (tertiary/aromatic N) is 1. The highest BCUT2D eigenvalue weighted by molar-refractivity contribution is 7.89. The first-order chi connectivity index (χ1) is 11.3. The fourth-order valence-corrected chi connectivity index (χ4v) is 3.79. The van der Waals surface area contributed by atoms with Gasteiger partial charge in [0.1, 0.15) is 0 Å². The first-order valence-electron chi connectivity index (χ1n) is 7.40. The highest BCUT2D eigenvalue weighted by atomic mass is 35.5. The zero-order valence-corrected chi connectivity index (χ0v) is 15.1. The third-order valence-electron chi connectivity index (χ3n) is 3.51. The molecule has 0 heterocycles. The number of amides is 1. The number of benzene rings is 2. The predicted molar refractivity (Wildman–Crippen MR) is 95.8 cm³/mol. The van der Waals surface area contributed by atoms with Crippen molar-refractivity contribution in [3.05, 3.63) is 59.1 Å². The van der Waals surface area contributed by atoms with Crippen LogP contribution in [0, 0.1) is 6.92 Å². The summed E-state index contributed by atoms with van der Waals surface area (Å²) in [5.74, 6) is -0.188. The second kappa shape index (κ2) is 7.79.